The third-order valence-electron chi connectivity index (χ3n) is 3.73. The zero-order valence-electron chi connectivity index (χ0n) is 10.4. The van der Waals surface area contributed by atoms with Crippen molar-refractivity contribution < 1.29 is 14.3 Å². The Balaban J connectivity index is 1.68. The molecule has 1 atom stereocenters. The highest BCUT2D eigenvalue weighted by molar-refractivity contribution is 5.79. The van der Waals surface area contributed by atoms with Crippen molar-refractivity contribution >= 4 is 5.91 Å². The summed E-state index contributed by atoms with van der Waals surface area (Å²) in [6, 6.07) is 5.81. The van der Waals surface area contributed by atoms with Gasteiger partial charge in [0.25, 0.3) is 0 Å². The number of hydrogen-bond acceptors (Lipinski definition) is 3. The molecule has 1 fully saturated rings. The quantitative estimate of drug-likeness (QED) is 0.892. The lowest BCUT2D eigenvalue weighted by Gasteiger charge is -2.26. The number of fused-ring (bicyclic) bond motifs is 1. The molecule has 4 heteroatoms. The minimum Gasteiger partial charge on any atom is -0.454 e. The van der Waals surface area contributed by atoms with Crippen LogP contribution in [0, 0.1) is 5.92 Å². The molecular weight excluding hydrogens is 230 g/mol. The van der Waals surface area contributed by atoms with E-state index in [0.29, 0.717) is 0 Å². The molecule has 1 N–H and O–H groups in total. The van der Waals surface area contributed by atoms with Crippen LogP contribution in [0.5, 0.6) is 11.5 Å². The fraction of sp³-hybridized carbons (Fsp3) is 0.500. The Morgan fingerprint density at radius 3 is 2.83 bits per heavy atom. The molecule has 1 aromatic carbocycles. The molecule has 0 unspecified atom stereocenters. The van der Waals surface area contributed by atoms with Gasteiger partial charge in [-0.05, 0) is 37.5 Å². The van der Waals surface area contributed by atoms with Gasteiger partial charge in [0.15, 0.2) is 11.5 Å². The molecule has 0 aromatic heterocycles. The first-order valence-electron chi connectivity index (χ1n) is 6.44. The molecule has 3 rings (SSSR count). The van der Waals surface area contributed by atoms with Crippen LogP contribution < -0.4 is 14.8 Å². The van der Waals surface area contributed by atoms with E-state index in [2.05, 4.69) is 5.32 Å². The summed E-state index contributed by atoms with van der Waals surface area (Å²) in [4.78, 5) is 11.9. The highest BCUT2D eigenvalue weighted by Gasteiger charge is 2.26. The first kappa shape index (κ1) is 11.4. The van der Waals surface area contributed by atoms with Crippen LogP contribution in [0.15, 0.2) is 18.2 Å². The summed E-state index contributed by atoms with van der Waals surface area (Å²) in [7, 11) is 0. The number of carbonyl (C=O) groups is 1. The Morgan fingerprint density at radius 1 is 1.33 bits per heavy atom. The molecule has 1 amide bonds. The average molecular weight is 247 g/mol. The summed E-state index contributed by atoms with van der Waals surface area (Å²) in [5.74, 6) is 1.93. The van der Waals surface area contributed by atoms with Gasteiger partial charge < -0.3 is 14.8 Å². The van der Waals surface area contributed by atoms with E-state index in [-0.39, 0.29) is 24.7 Å². The van der Waals surface area contributed by atoms with Gasteiger partial charge in [0.05, 0.1) is 6.04 Å². The van der Waals surface area contributed by atoms with Crippen LogP contribution in [-0.2, 0) is 4.79 Å². The molecule has 1 heterocycles. The first-order valence-corrected chi connectivity index (χ1v) is 6.44. The van der Waals surface area contributed by atoms with Crippen molar-refractivity contribution in [2.24, 2.45) is 5.92 Å². The predicted molar refractivity (Wildman–Crippen MR) is 66.5 cm³/mol. The van der Waals surface area contributed by atoms with Crippen LogP contribution in [0.1, 0.15) is 37.8 Å². The minimum atomic E-state index is 0.00704. The van der Waals surface area contributed by atoms with E-state index in [1.807, 2.05) is 25.1 Å². The molecule has 4 nitrogen and oxygen atoms in total. The van der Waals surface area contributed by atoms with E-state index in [4.69, 9.17) is 9.47 Å². The summed E-state index contributed by atoms with van der Waals surface area (Å²) >= 11 is 0. The molecule has 1 aromatic rings. The smallest absolute Gasteiger partial charge is 0.231 e. The summed E-state index contributed by atoms with van der Waals surface area (Å²) in [5, 5.41) is 3.05. The minimum absolute atomic E-state index is 0.00704. The lowest BCUT2D eigenvalue weighted by Crippen LogP contribution is -2.35. The lowest BCUT2D eigenvalue weighted by atomic mass is 9.84. The van der Waals surface area contributed by atoms with Gasteiger partial charge in [0.1, 0.15) is 0 Å². The maximum absolute atomic E-state index is 11.9. The van der Waals surface area contributed by atoms with Crippen molar-refractivity contribution in [3.8, 4) is 11.5 Å². The largest absolute Gasteiger partial charge is 0.454 e. The number of ether oxygens (including phenoxy) is 2. The Kier molecular flexibility index (Phi) is 2.86. The Hall–Kier alpha value is -1.71. The Morgan fingerprint density at radius 2 is 2.11 bits per heavy atom. The second-order valence-corrected chi connectivity index (χ2v) is 4.97. The van der Waals surface area contributed by atoms with Crippen LogP contribution >= 0.6 is 0 Å². The number of nitrogens with one attached hydrogen (secondary N) is 1. The number of hydrogen-bond donors (Lipinski definition) is 1. The summed E-state index contributed by atoms with van der Waals surface area (Å²) in [6.45, 7) is 2.27. The van der Waals surface area contributed by atoms with Crippen LogP contribution in [-0.4, -0.2) is 12.7 Å². The Bertz CT molecular complexity index is 468. The molecule has 96 valence electrons. The van der Waals surface area contributed by atoms with Crippen LogP contribution in [0.3, 0.4) is 0 Å². The molecule has 0 saturated heterocycles. The van der Waals surface area contributed by atoms with Crippen molar-refractivity contribution in [3.05, 3.63) is 23.8 Å². The number of amides is 1. The average Bonchev–Trinajstić information content (AvgIpc) is 2.72. The third kappa shape index (κ3) is 2.03. The molecule has 1 saturated carbocycles. The third-order valence-corrected chi connectivity index (χ3v) is 3.73. The SMILES string of the molecule is C[C@@H](NC(=O)C1CCC1)c1ccc2c(c1)OCO2. The van der Waals surface area contributed by atoms with E-state index >= 15 is 0 Å². The van der Waals surface area contributed by atoms with E-state index in [9.17, 15) is 4.79 Å². The molecule has 0 radical (unpaired) electrons. The fourth-order valence-electron chi connectivity index (χ4n) is 2.27. The van der Waals surface area contributed by atoms with Crippen LogP contribution in [0.25, 0.3) is 0 Å². The number of benzene rings is 1. The normalized spacial score (nSPS) is 19.2. The standard InChI is InChI=1S/C14H17NO3/c1-9(15-14(16)10-3-2-4-10)11-5-6-12-13(7-11)18-8-17-12/h5-7,9-10H,2-4,8H2,1H3,(H,15,16)/t9-/m1/s1. The van der Waals surface area contributed by atoms with E-state index in [1.54, 1.807) is 0 Å². The van der Waals surface area contributed by atoms with Gasteiger partial charge in [-0.1, -0.05) is 12.5 Å². The van der Waals surface area contributed by atoms with Crippen molar-refractivity contribution in [3.63, 3.8) is 0 Å². The zero-order chi connectivity index (χ0) is 12.5. The van der Waals surface area contributed by atoms with E-state index in [1.165, 1.54) is 6.42 Å². The highest BCUT2D eigenvalue weighted by atomic mass is 16.7. The van der Waals surface area contributed by atoms with Crippen molar-refractivity contribution in [1.29, 1.82) is 0 Å². The van der Waals surface area contributed by atoms with Gasteiger partial charge in [-0.15, -0.1) is 0 Å². The van der Waals surface area contributed by atoms with Crippen molar-refractivity contribution in [1.82, 2.24) is 5.32 Å². The van der Waals surface area contributed by atoms with Gasteiger partial charge in [-0.25, -0.2) is 0 Å². The number of carbonyl (C=O) groups excluding carboxylic acids is 1. The maximum Gasteiger partial charge on any atom is 0.231 e. The topological polar surface area (TPSA) is 47.6 Å². The van der Waals surface area contributed by atoms with Crippen molar-refractivity contribution in [2.45, 2.75) is 32.2 Å². The zero-order valence-corrected chi connectivity index (χ0v) is 10.4. The molecule has 18 heavy (non-hydrogen) atoms. The van der Waals surface area contributed by atoms with Gasteiger partial charge in [-0.3, -0.25) is 4.79 Å². The first-order chi connectivity index (χ1) is 8.74. The predicted octanol–water partition coefficient (Wildman–Crippen LogP) is 2.39. The second kappa shape index (κ2) is 4.52. The van der Waals surface area contributed by atoms with Gasteiger partial charge >= 0.3 is 0 Å². The monoisotopic (exact) mass is 247 g/mol. The molecule has 0 spiro atoms. The van der Waals surface area contributed by atoms with E-state index in [0.717, 1.165) is 29.9 Å². The van der Waals surface area contributed by atoms with Gasteiger partial charge in [-0.2, -0.15) is 0 Å². The van der Waals surface area contributed by atoms with Crippen LogP contribution in [0.4, 0.5) is 0 Å². The van der Waals surface area contributed by atoms with Gasteiger partial charge in [0, 0.05) is 5.92 Å². The fourth-order valence-corrected chi connectivity index (χ4v) is 2.27. The second-order valence-electron chi connectivity index (χ2n) is 4.97. The molecule has 0 bridgehead atoms. The summed E-state index contributed by atoms with van der Waals surface area (Å²) in [5.41, 5.74) is 1.05. The highest BCUT2D eigenvalue weighted by Crippen LogP contribution is 2.34. The lowest BCUT2D eigenvalue weighted by molar-refractivity contribution is -0.128. The molecule has 2 aliphatic rings. The Labute approximate surface area is 106 Å². The summed E-state index contributed by atoms with van der Waals surface area (Å²) < 4.78 is 10.6. The summed E-state index contributed by atoms with van der Waals surface area (Å²) in [6.07, 6.45) is 3.23. The number of rotatable bonds is 3. The molecule has 1 aliphatic carbocycles. The molecule has 1 aliphatic heterocycles. The maximum atomic E-state index is 11.9. The van der Waals surface area contributed by atoms with E-state index < -0.39 is 0 Å². The van der Waals surface area contributed by atoms with Gasteiger partial charge in [0.2, 0.25) is 12.7 Å². The van der Waals surface area contributed by atoms with Crippen LogP contribution in [0.2, 0.25) is 0 Å². The van der Waals surface area contributed by atoms with Crippen molar-refractivity contribution in [2.75, 3.05) is 6.79 Å². The molecular formula is C14H17NO3.